The third kappa shape index (κ3) is 6.20. The lowest BCUT2D eigenvalue weighted by atomic mass is 9.93. The average molecular weight is 387 g/mol. The van der Waals surface area contributed by atoms with Crippen LogP contribution in [0.2, 0.25) is 0 Å². The van der Waals surface area contributed by atoms with E-state index in [1.165, 1.54) is 0 Å². The van der Waals surface area contributed by atoms with Crippen LogP contribution in [0.4, 0.5) is 5.82 Å². The van der Waals surface area contributed by atoms with Gasteiger partial charge in [-0.1, -0.05) is 0 Å². The zero-order valence-electron chi connectivity index (χ0n) is 16.0. The van der Waals surface area contributed by atoms with Gasteiger partial charge in [0, 0.05) is 12.2 Å². The average Bonchev–Trinajstić information content (AvgIpc) is 2.52. The van der Waals surface area contributed by atoms with E-state index in [1.807, 2.05) is 27.7 Å². The number of anilines is 1. The van der Waals surface area contributed by atoms with Crippen LogP contribution in [0.1, 0.15) is 59.4 Å². The predicted molar refractivity (Wildman–Crippen MR) is 100 cm³/mol. The van der Waals surface area contributed by atoms with E-state index in [0.29, 0.717) is 0 Å². The quantitative estimate of drug-likeness (QED) is 0.682. The number of aromatic nitrogens is 2. The minimum absolute atomic E-state index is 0.0245. The summed E-state index contributed by atoms with van der Waals surface area (Å²) in [7, 11) is -3.29. The minimum Gasteiger partial charge on any atom is -0.383 e. The highest BCUT2D eigenvalue weighted by molar-refractivity contribution is 7.53. The normalized spacial score (nSPS) is 21.5. The number of nitrogens with zero attached hydrogens (tertiary/aromatic N) is 2. The van der Waals surface area contributed by atoms with E-state index in [1.54, 1.807) is 16.8 Å². The molecule has 0 unspecified atom stereocenters. The zero-order valence-corrected chi connectivity index (χ0v) is 16.9. The molecule has 0 amide bonds. The molecule has 1 aliphatic carbocycles. The number of hydrogen-bond donors (Lipinski definition) is 1. The monoisotopic (exact) mass is 387 g/mol. The summed E-state index contributed by atoms with van der Waals surface area (Å²) >= 11 is 0. The first kappa shape index (κ1) is 21.1. The maximum absolute atomic E-state index is 12.8. The Labute approximate surface area is 154 Å². The van der Waals surface area contributed by atoms with Crippen molar-refractivity contribution < 1.29 is 18.3 Å². The van der Waals surface area contributed by atoms with Crippen LogP contribution < -0.4 is 11.4 Å². The van der Waals surface area contributed by atoms with Crippen LogP contribution in [0, 0.1) is 0 Å². The van der Waals surface area contributed by atoms with Gasteiger partial charge in [0.1, 0.15) is 12.2 Å². The van der Waals surface area contributed by atoms with Crippen LogP contribution in [0.5, 0.6) is 0 Å². The van der Waals surface area contributed by atoms with E-state index in [2.05, 4.69) is 4.98 Å². The van der Waals surface area contributed by atoms with Gasteiger partial charge in [-0.05, 0) is 59.4 Å². The van der Waals surface area contributed by atoms with Gasteiger partial charge < -0.3 is 19.5 Å². The van der Waals surface area contributed by atoms with Crippen molar-refractivity contribution in [3.63, 3.8) is 0 Å². The molecule has 0 aliphatic heterocycles. The number of rotatable bonds is 8. The molecule has 2 N–H and O–H groups in total. The highest BCUT2D eigenvalue weighted by Gasteiger charge is 2.31. The standard InChI is InChI=1S/C17H30N3O5P/c1-12(2)24-26(22,25-13(3)4)11-23-15-7-5-14(6-8-15)20-10-9-16(18)19-17(20)21/h9-10,12-15H,5-8,11H2,1-4H3,(H2,18,19,21). The molecule has 0 aromatic carbocycles. The number of nitrogen functional groups attached to an aromatic ring is 1. The lowest BCUT2D eigenvalue weighted by Crippen LogP contribution is -2.31. The Morgan fingerprint density at radius 1 is 1.19 bits per heavy atom. The molecular formula is C17H30N3O5P. The fraction of sp³-hybridized carbons (Fsp3) is 0.765. The van der Waals surface area contributed by atoms with Gasteiger partial charge in [0.2, 0.25) is 0 Å². The molecular weight excluding hydrogens is 357 g/mol. The minimum atomic E-state index is -3.29. The second-order valence-corrected chi connectivity index (χ2v) is 9.09. The van der Waals surface area contributed by atoms with Crippen molar-refractivity contribution in [3.8, 4) is 0 Å². The van der Waals surface area contributed by atoms with Crippen molar-refractivity contribution in [2.24, 2.45) is 0 Å². The van der Waals surface area contributed by atoms with E-state index < -0.39 is 7.60 Å². The molecule has 26 heavy (non-hydrogen) atoms. The summed E-state index contributed by atoms with van der Waals surface area (Å²) in [4.78, 5) is 15.7. The molecule has 2 rings (SSSR count). The number of nitrogens with two attached hydrogens (primary N) is 1. The topological polar surface area (TPSA) is 106 Å². The lowest BCUT2D eigenvalue weighted by Gasteiger charge is -2.31. The molecule has 1 aromatic heterocycles. The summed E-state index contributed by atoms with van der Waals surface area (Å²) in [6, 6.07) is 1.72. The summed E-state index contributed by atoms with van der Waals surface area (Å²) in [6.45, 7) is 7.28. The first-order valence-corrected chi connectivity index (χ1v) is 10.8. The second-order valence-electron chi connectivity index (χ2n) is 7.19. The van der Waals surface area contributed by atoms with Crippen molar-refractivity contribution in [1.29, 1.82) is 0 Å². The van der Waals surface area contributed by atoms with E-state index >= 15 is 0 Å². The van der Waals surface area contributed by atoms with Gasteiger partial charge in [0.15, 0.2) is 0 Å². The van der Waals surface area contributed by atoms with Crippen LogP contribution in [-0.4, -0.2) is 34.2 Å². The van der Waals surface area contributed by atoms with Crippen LogP contribution in [-0.2, 0) is 18.3 Å². The molecule has 0 spiro atoms. The number of hydrogen-bond acceptors (Lipinski definition) is 7. The molecule has 1 heterocycles. The molecule has 8 nitrogen and oxygen atoms in total. The smallest absolute Gasteiger partial charge is 0.356 e. The molecule has 0 radical (unpaired) electrons. The van der Waals surface area contributed by atoms with Crippen LogP contribution >= 0.6 is 7.60 Å². The Morgan fingerprint density at radius 3 is 2.27 bits per heavy atom. The van der Waals surface area contributed by atoms with Crippen LogP contribution in [0.25, 0.3) is 0 Å². The van der Waals surface area contributed by atoms with Crippen LogP contribution in [0.15, 0.2) is 17.1 Å². The van der Waals surface area contributed by atoms with Crippen molar-refractivity contribution in [2.75, 3.05) is 12.1 Å². The largest absolute Gasteiger partial charge is 0.383 e. The fourth-order valence-corrected chi connectivity index (χ4v) is 4.97. The van der Waals surface area contributed by atoms with E-state index in [0.717, 1.165) is 25.7 Å². The highest BCUT2D eigenvalue weighted by atomic mass is 31.2. The van der Waals surface area contributed by atoms with E-state index in [-0.39, 0.29) is 42.2 Å². The maximum Gasteiger partial charge on any atom is 0.356 e. The second kappa shape index (κ2) is 9.13. The molecule has 0 atom stereocenters. The van der Waals surface area contributed by atoms with Gasteiger partial charge in [0.25, 0.3) is 0 Å². The SMILES string of the molecule is CC(C)OP(=O)(COC1CCC(n2ccc(N)nc2=O)CC1)OC(C)C. The Hall–Kier alpha value is -1.21. The van der Waals surface area contributed by atoms with Gasteiger partial charge in [0.05, 0.1) is 18.3 Å². The molecule has 0 bridgehead atoms. The Morgan fingerprint density at radius 2 is 1.77 bits per heavy atom. The van der Waals surface area contributed by atoms with Gasteiger partial charge in [-0.15, -0.1) is 0 Å². The molecule has 1 aromatic rings. The first-order valence-electron chi connectivity index (χ1n) is 9.10. The summed E-state index contributed by atoms with van der Waals surface area (Å²) in [5.74, 6) is 0.231. The summed E-state index contributed by atoms with van der Waals surface area (Å²) in [5, 5.41) is 0. The van der Waals surface area contributed by atoms with Crippen LogP contribution in [0.3, 0.4) is 0 Å². The van der Waals surface area contributed by atoms with Gasteiger partial charge >= 0.3 is 13.3 Å². The van der Waals surface area contributed by atoms with E-state index in [4.69, 9.17) is 19.5 Å². The Balaban J connectivity index is 1.89. The van der Waals surface area contributed by atoms with Gasteiger partial charge in [-0.2, -0.15) is 4.98 Å². The summed E-state index contributed by atoms with van der Waals surface area (Å²) < 4.78 is 31.3. The van der Waals surface area contributed by atoms with Crippen molar-refractivity contribution in [2.45, 2.75) is 77.7 Å². The Kier molecular flexibility index (Phi) is 7.41. The predicted octanol–water partition coefficient (Wildman–Crippen LogP) is 3.33. The third-order valence-corrected chi connectivity index (χ3v) is 6.05. The molecule has 1 aliphatic rings. The molecule has 1 fully saturated rings. The maximum atomic E-state index is 12.8. The van der Waals surface area contributed by atoms with Gasteiger partial charge in [-0.25, -0.2) is 4.79 Å². The number of ether oxygens (including phenoxy) is 1. The van der Waals surface area contributed by atoms with Crippen molar-refractivity contribution in [3.05, 3.63) is 22.7 Å². The summed E-state index contributed by atoms with van der Waals surface area (Å²) in [5.41, 5.74) is 5.21. The highest BCUT2D eigenvalue weighted by Crippen LogP contribution is 2.51. The Bertz CT molecular complexity index is 669. The lowest BCUT2D eigenvalue weighted by molar-refractivity contribution is 0.0253. The summed E-state index contributed by atoms with van der Waals surface area (Å²) in [6.07, 6.45) is 4.32. The van der Waals surface area contributed by atoms with Crippen molar-refractivity contribution in [1.82, 2.24) is 9.55 Å². The molecule has 0 saturated heterocycles. The molecule has 148 valence electrons. The van der Waals surface area contributed by atoms with E-state index in [9.17, 15) is 9.36 Å². The molecule has 9 heteroatoms. The van der Waals surface area contributed by atoms with Gasteiger partial charge in [-0.3, -0.25) is 9.13 Å². The first-order chi connectivity index (χ1) is 12.2. The fourth-order valence-electron chi connectivity index (χ4n) is 3.12. The third-order valence-electron chi connectivity index (χ3n) is 4.10. The zero-order chi connectivity index (χ0) is 19.3. The molecule has 1 saturated carbocycles. The van der Waals surface area contributed by atoms with Crippen molar-refractivity contribution >= 4 is 13.4 Å².